The second-order valence-electron chi connectivity index (χ2n) is 8.83. The van der Waals surface area contributed by atoms with E-state index in [4.69, 9.17) is 4.74 Å². The van der Waals surface area contributed by atoms with Gasteiger partial charge in [-0.15, -0.1) is 0 Å². The maximum Gasteiger partial charge on any atom is 0.416 e. The highest BCUT2D eigenvalue weighted by Gasteiger charge is 2.32. The minimum absolute atomic E-state index is 0.0887. The Morgan fingerprint density at radius 3 is 2.52 bits per heavy atom. The number of imidazole rings is 1. The first kappa shape index (κ1) is 22.1. The number of amides is 1. The standard InChI is InChI=1S/C23H30F3N3O2/c1-31-15-21-27-19-14-17(23(24,25)26)7-8-20(19)29(21)18-10-12-28(13-11-18)22(30)9-6-16-4-2-3-5-16/h7-8,14,16,18H,2-6,9-13,15H2,1H3. The molecule has 0 unspecified atom stereocenters. The number of rotatable bonds is 6. The Bertz CT molecular complexity index is 911. The van der Waals surface area contributed by atoms with Crippen molar-refractivity contribution < 1.29 is 22.7 Å². The van der Waals surface area contributed by atoms with Gasteiger partial charge in [-0.05, 0) is 43.4 Å². The van der Waals surface area contributed by atoms with Crippen LogP contribution in [0.1, 0.15) is 68.8 Å². The molecule has 2 aliphatic rings. The van der Waals surface area contributed by atoms with Crippen LogP contribution < -0.4 is 0 Å². The number of nitrogens with zero attached hydrogens (tertiary/aromatic N) is 3. The fourth-order valence-electron chi connectivity index (χ4n) is 5.12. The van der Waals surface area contributed by atoms with Crippen LogP contribution in [0.3, 0.4) is 0 Å². The zero-order valence-corrected chi connectivity index (χ0v) is 18.0. The number of fused-ring (bicyclic) bond motifs is 1. The molecule has 1 aromatic carbocycles. The van der Waals surface area contributed by atoms with Gasteiger partial charge in [-0.1, -0.05) is 25.7 Å². The van der Waals surface area contributed by atoms with E-state index in [1.165, 1.54) is 31.7 Å². The molecule has 0 N–H and O–H groups in total. The summed E-state index contributed by atoms with van der Waals surface area (Å²) >= 11 is 0. The Hall–Kier alpha value is -2.09. The van der Waals surface area contributed by atoms with Gasteiger partial charge < -0.3 is 14.2 Å². The summed E-state index contributed by atoms with van der Waals surface area (Å²) in [6.45, 7) is 1.57. The number of likely N-dealkylation sites (tertiary alicyclic amines) is 1. The number of hydrogen-bond acceptors (Lipinski definition) is 3. The molecule has 1 saturated heterocycles. The monoisotopic (exact) mass is 437 g/mol. The molecule has 2 aromatic rings. The van der Waals surface area contributed by atoms with E-state index in [9.17, 15) is 18.0 Å². The van der Waals surface area contributed by atoms with Crippen molar-refractivity contribution in [3.63, 3.8) is 0 Å². The highest BCUT2D eigenvalue weighted by Crippen LogP contribution is 2.35. The van der Waals surface area contributed by atoms with Crippen LogP contribution >= 0.6 is 0 Å². The molecular formula is C23H30F3N3O2. The fourth-order valence-corrected chi connectivity index (χ4v) is 5.12. The van der Waals surface area contributed by atoms with Gasteiger partial charge in [0.2, 0.25) is 5.91 Å². The van der Waals surface area contributed by atoms with Crippen LogP contribution in [0.4, 0.5) is 13.2 Å². The largest absolute Gasteiger partial charge is 0.416 e. The minimum Gasteiger partial charge on any atom is -0.377 e. The first-order chi connectivity index (χ1) is 14.9. The van der Waals surface area contributed by atoms with E-state index in [2.05, 4.69) is 4.98 Å². The molecule has 4 rings (SSSR count). The smallest absolute Gasteiger partial charge is 0.377 e. The van der Waals surface area contributed by atoms with Gasteiger partial charge in [0.1, 0.15) is 12.4 Å². The third-order valence-corrected chi connectivity index (χ3v) is 6.79. The van der Waals surface area contributed by atoms with Crippen molar-refractivity contribution in [1.29, 1.82) is 0 Å². The van der Waals surface area contributed by atoms with Crippen LogP contribution in [-0.2, 0) is 22.3 Å². The molecule has 0 atom stereocenters. The number of alkyl halides is 3. The van der Waals surface area contributed by atoms with Crippen LogP contribution in [0.15, 0.2) is 18.2 Å². The Morgan fingerprint density at radius 2 is 1.87 bits per heavy atom. The predicted molar refractivity (Wildman–Crippen MR) is 111 cm³/mol. The molecule has 1 amide bonds. The molecule has 1 saturated carbocycles. The van der Waals surface area contributed by atoms with Gasteiger partial charge in [0.25, 0.3) is 0 Å². The summed E-state index contributed by atoms with van der Waals surface area (Å²) in [5.41, 5.74) is 0.319. The van der Waals surface area contributed by atoms with Gasteiger partial charge >= 0.3 is 6.18 Å². The number of piperidine rings is 1. The second-order valence-corrected chi connectivity index (χ2v) is 8.83. The van der Waals surface area contributed by atoms with Crippen LogP contribution in [0.2, 0.25) is 0 Å². The van der Waals surface area contributed by atoms with Gasteiger partial charge in [-0.2, -0.15) is 13.2 Å². The fraction of sp³-hybridized carbons (Fsp3) is 0.652. The second kappa shape index (κ2) is 9.18. The average Bonchev–Trinajstić information content (AvgIpc) is 3.39. The lowest BCUT2D eigenvalue weighted by Gasteiger charge is -2.34. The molecule has 31 heavy (non-hydrogen) atoms. The van der Waals surface area contributed by atoms with E-state index in [1.807, 2.05) is 9.47 Å². The number of ether oxygens (including phenoxy) is 1. The van der Waals surface area contributed by atoms with E-state index < -0.39 is 11.7 Å². The number of hydrogen-bond donors (Lipinski definition) is 0. The van der Waals surface area contributed by atoms with E-state index in [-0.39, 0.29) is 18.6 Å². The molecule has 170 valence electrons. The molecule has 2 fully saturated rings. The lowest BCUT2D eigenvalue weighted by molar-refractivity contribution is -0.137. The number of carbonyl (C=O) groups is 1. The summed E-state index contributed by atoms with van der Waals surface area (Å²) in [6.07, 6.45) is 3.82. The normalized spacial score (nSPS) is 18.9. The van der Waals surface area contributed by atoms with Crippen LogP contribution in [0.25, 0.3) is 11.0 Å². The lowest BCUT2D eigenvalue weighted by Crippen LogP contribution is -2.39. The Balaban J connectivity index is 1.46. The first-order valence-corrected chi connectivity index (χ1v) is 11.2. The number of halogens is 3. The highest BCUT2D eigenvalue weighted by molar-refractivity contribution is 5.78. The van der Waals surface area contributed by atoms with Gasteiger partial charge in [0.05, 0.1) is 16.6 Å². The molecule has 2 heterocycles. The molecule has 0 bridgehead atoms. The van der Waals surface area contributed by atoms with Gasteiger partial charge in [0.15, 0.2) is 0 Å². The van der Waals surface area contributed by atoms with Gasteiger partial charge in [0, 0.05) is 32.7 Å². The topological polar surface area (TPSA) is 47.4 Å². The van der Waals surface area contributed by atoms with Crippen LogP contribution in [0.5, 0.6) is 0 Å². The van der Waals surface area contributed by atoms with E-state index in [0.717, 1.165) is 31.4 Å². The summed E-state index contributed by atoms with van der Waals surface area (Å²) in [4.78, 5) is 19.0. The third-order valence-electron chi connectivity index (χ3n) is 6.79. The summed E-state index contributed by atoms with van der Waals surface area (Å²) < 4.78 is 46.6. The van der Waals surface area contributed by atoms with E-state index >= 15 is 0 Å². The number of methoxy groups -OCH3 is 1. The zero-order chi connectivity index (χ0) is 22.0. The molecule has 1 aliphatic carbocycles. The molecule has 0 radical (unpaired) electrons. The number of aromatic nitrogens is 2. The van der Waals surface area contributed by atoms with E-state index in [1.54, 1.807) is 7.11 Å². The zero-order valence-electron chi connectivity index (χ0n) is 18.0. The third kappa shape index (κ3) is 4.89. The molecule has 5 nitrogen and oxygen atoms in total. The van der Waals surface area contributed by atoms with Gasteiger partial charge in [-0.25, -0.2) is 4.98 Å². The predicted octanol–water partition coefficient (Wildman–Crippen LogP) is 5.34. The lowest BCUT2D eigenvalue weighted by atomic mass is 10.00. The summed E-state index contributed by atoms with van der Waals surface area (Å²) in [5, 5.41) is 0. The molecule has 8 heteroatoms. The van der Waals surface area contributed by atoms with Crippen molar-refractivity contribution >= 4 is 16.9 Å². The summed E-state index contributed by atoms with van der Waals surface area (Å²) in [7, 11) is 1.55. The van der Waals surface area contributed by atoms with Crippen molar-refractivity contribution in [3.8, 4) is 0 Å². The van der Waals surface area contributed by atoms with Crippen molar-refractivity contribution in [3.05, 3.63) is 29.6 Å². The van der Waals surface area contributed by atoms with Crippen molar-refractivity contribution in [2.75, 3.05) is 20.2 Å². The van der Waals surface area contributed by atoms with Gasteiger partial charge in [-0.3, -0.25) is 4.79 Å². The molecular weight excluding hydrogens is 407 g/mol. The van der Waals surface area contributed by atoms with Crippen molar-refractivity contribution in [1.82, 2.24) is 14.5 Å². The highest BCUT2D eigenvalue weighted by atomic mass is 19.4. The molecule has 1 aliphatic heterocycles. The summed E-state index contributed by atoms with van der Waals surface area (Å²) in [5.74, 6) is 1.56. The average molecular weight is 438 g/mol. The Morgan fingerprint density at radius 1 is 1.16 bits per heavy atom. The molecule has 1 aromatic heterocycles. The van der Waals surface area contributed by atoms with Crippen molar-refractivity contribution in [2.24, 2.45) is 5.92 Å². The van der Waals surface area contributed by atoms with Crippen molar-refractivity contribution in [2.45, 2.75) is 70.2 Å². The maximum absolute atomic E-state index is 13.1. The Labute approximate surface area is 180 Å². The number of benzene rings is 1. The van der Waals surface area contributed by atoms with E-state index in [0.29, 0.717) is 42.3 Å². The first-order valence-electron chi connectivity index (χ1n) is 11.2. The Kier molecular flexibility index (Phi) is 6.55. The van der Waals surface area contributed by atoms with Crippen LogP contribution in [-0.4, -0.2) is 40.6 Å². The van der Waals surface area contributed by atoms with Crippen LogP contribution in [0, 0.1) is 5.92 Å². The summed E-state index contributed by atoms with van der Waals surface area (Å²) in [6, 6.07) is 3.81. The maximum atomic E-state index is 13.1. The SMILES string of the molecule is COCc1nc2cc(C(F)(F)F)ccc2n1C1CCN(C(=O)CCC2CCCC2)CC1. The minimum atomic E-state index is -4.40. The molecule has 0 spiro atoms. The number of carbonyl (C=O) groups excluding carboxylic acids is 1. The quantitative estimate of drug-likeness (QED) is 0.613.